The van der Waals surface area contributed by atoms with Crippen molar-refractivity contribution in [2.75, 3.05) is 13.1 Å². The minimum absolute atomic E-state index is 0.213. The summed E-state index contributed by atoms with van der Waals surface area (Å²) in [4.78, 5) is 20.4. The molecule has 5 rings (SSSR count). The Hall–Kier alpha value is -3.49. The molecule has 0 amide bonds. The second kappa shape index (κ2) is 11.2. The van der Waals surface area contributed by atoms with Gasteiger partial charge in [-0.05, 0) is 70.3 Å². The molecule has 0 N–H and O–H groups in total. The highest BCUT2D eigenvalue weighted by Gasteiger charge is 2.46. The summed E-state index contributed by atoms with van der Waals surface area (Å²) in [7, 11) is -3.99. The van der Waals surface area contributed by atoms with E-state index in [-0.39, 0.29) is 17.4 Å². The third kappa shape index (κ3) is 5.83. The summed E-state index contributed by atoms with van der Waals surface area (Å²) in [5.41, 5.74) is 2.16. The first-order valence-corrected chi connectivity index (χ1v) is 15.2. The molecule has 0 saturated carbocycles. The van der Waals surface area contributed by atoms with Crippen LogP contribution < -0.4 is 0 Å². The van der Waals surface area contributed by atoms with Crippen molar-refractivity contribution in [3.8, 4) is 0 Å². The number of aryl methyl sites for hydroxylation is 1. The van der Waals surface area contributed by atoms with E-state index in [0.29, 0.717) is 18.8 Å². The van der Waals surface area contributed by atoms with Crippen molar-refractivity contribution in [2.24, 2.45) is 4.99 Å². The maximum Gasteiger partial charge on any atom is 0.323 e. The quantitative estimate of drug-likeness (QED) is 0.348. The summed E-state index contributed by atoms with van der Waals surface area (Å²) in [6, 6.07) is 24.9. The number of ether oxygens (including phenoxy) is 1. The number of carbonyl (C=O) groups is 1. The zero-order valence-corrected chi connectivity index (χ0v) is 24.3. The van der Waals surface area contributed by atoms with Crippen LogP contribution in [0.15, 0.2) is 94.8 Å². The van der Waals surface area contributed by atoms with Crippen LogP contribution in [0.5, 0.6) is 0 Å². The van der Waals surface area contributed by atoms with Gasteiger partial charge in [-0.3, -0.25) is 14.7 Å². The molecule has 7 nitrogen and oxygen atoms in total. The maximum absolute atomic E-state index is 14.4. The molecule has 2 aliphatic rings. The fourth-order valence-corrected chi connectivity index (χ4v) is 7.13. The molecule has 1 fully saturated rings. The number of esters is 1. The van der Waals surface area contributed by atoms with E-state index in [1.165, 1.54) is 4.31 Å². The summed E-state index contributed by atoms with van der Waals surface area (Å²) in [5, 5.41) is 0. The van der Waals surface area contributed by atoms with Crippen LogP contribution in [0.1, 0.15) is 62.4 Å². The summed E-state index contributed by atoms with van der Waals surface area (Å²) < 4.78 is 36.1. The van der Waals surface area contributed by atoms with Crippen molar-refractivity contribution in [2.45, 2.75) is 69.2 Å². The number of amidine groups is 1. The molecule has 8 heteroatoms. The van der Waals surface area contributed by atoms with E-state index in [9.17, 15) is 13.2 Å². The van der Waals surface area contributed by atoms with Crippen LogP contribution in [-0.2, 0) is 19.6 Å². The van der Waals surface area contributed by atoms with Gasteiger partial charge in [-0.1, -0.05) is 78.4 Å². The number of carbonyl (C=O) groups excluding carboxylic acids is 1. The summed E-state index contributed by atoms with van der Waals surface area (Å²) in [6.45, 7) is 8.39. The van der Waals surface area contributed by atoms with Gasteiger partial charge in [0.25, 0.3) is 10.0 Å². The smallest absolute Gasteiger partial charge is 0.323 e. The van der Waals surface area contributed by atoms with Crippen LogP contribution in [-0.4, -0.2) is 54.2 Å². The third-order valence-electron chi connectivity index (χ3n) is 7.34. The van der Waals surface area contributed by atoms with E-state index in [2.05, 4.69) is 0 Å². The number of nitrogens with zero attached hydrogens (tertiary/aromatic N) is 3. The molecule has 210 valence electrons. The minimum Gasteiger partial charge on any atom is -0.459 e. The lowest BCUT2D eigenvalue weighted by atomic mass is 9.95. The Morgan fingerprint density at radius 1 is 0.925 bits per heavy atom. The molecule has 0 aromatic heterocycles. The number of aliphatic imine (C=N–C) groups is 1. The van der Waals surface area contributed by atoms with Crippen LogP contribution >= 0.6 is 0 Å². The molecule has 3 aromatic rings. The van der Waals surface area contributed by atoms with Gasteiger partial charge in [-0.15, -0.1) is 0 Å². The zero-order chi connectivity index (χ0) is 28.5. The van der Waals surface area contributed by atoms with Crippen LogP contribution in [0, 0.1) is 6.92 Å². The van der Waals surface area contributed by atoms with E-state index in [0.717, 1.165) is 23.1 Å². The SMILES string of the molecule is Cc1ccc(S(=O)(=O)N2C(CN3CCC[C@H]3C(=O)OC(C)(C)C)=N[C@H](c3ccccc3)[C@H]2c2ccccc2)cc1. The predicted molar refractivity (Wildman–Crippen MR) is 156 cm³/mol. The molecule has 0 radical (unpaired) electrons. The fraction of sp³-hybridized carbons (Fsp3) is 0.375. The first kappa shape index (κ1) is 28.1. The van der Waals surface area contributed by atoms with Crippen molar-refractivity contribution in [1.29, 1.82) is 0 Å². The number of benzene rings is 3. The van der Waals surface area contributed by atoms with Crippen LogP contribution in [0.2, 0.25) is 0 Å². The Labute approximate surface area is 237 Å². The van der Waals surface area contributed by atoms with E-state index in [4.69, 9.17) is 9.73 Å². The van der Waals surface area contributed by atoms with Gasteiger partial charge >= 0.3 is 5.97 Å². The van der Waals surface area contributed by atoms with Gasteiger partial charge in [-0.25, -0.2) is 12.7 Å². The van der Waals surface area contributed by atoms with Gasteiger partial charge in [0, 0.05) is 0 Å². The maximum atomic E-state index is 14.4. The highest BCUT2D eigenvalue weighted by Crippen LogP contribution is 2.45. The lowest BCUT2D eigenvalue weighted by Gasteiger charge is -2.32. The first-order valence-electron chi connectivity index (χ1n) is 13.8. The molecule has 40 heavy (non-hydrogen) atoms. The average Bonchev–Trinajstić information content (AvgIpc) is 3.54. The second-order valence-electron chi connectivity index (χ2n) is 11.5. The first-order chi connectivity index (χ1) is 19.0. The molecule has 3 aromatic carbocycles. The molecule has 0 aliphatic carbocycles. The van der Waals surface area contributed by atoms with Crippen LogP contribution in [0.25, 0.3) is 0 Å². The van der Waals surface area contributed by atoms with E-state index < -0.39 is 33.7 Å². The Morgan fingerprint density at radius 2 is 1.52 bits per heavy atom. The third-order valence-corrected chi connectivity index (χ3v) is 9.16. The van der Waals surface area contributed by atoms with Crippen molar-refractivity contribution in [1.82, 2.24) is 9.21 Å². The summed E-state index contributed by atoms with van der Waals surface area (Å²) in [5.74, 6) is 0.148. The number of hydrogen-bond acceptors (Lipinski definition) is 6. The summed E-state index contributed by atoms with van der Waals surface area (Å²) >= 11 is 0. The lowest BCUT2D eigenvalue weighted by molar-refractivity contribution is -0.160. The molecule has 3 atom stereocenters. The topological polar surface area (TPSA) is 79.3 Å². The fourth-order valence-electron chi connectivity index (χ4n) is 5.51. The minimum atomic E-state index is -3.99. The lowest BCUT2D eigenvalue weighted by Crippen LogP contribution is -2.47. The normalized spacial score (nSPS) is 21.9. The molecule has 0 spiro atoms. The molecule has 2 aliphatic heterocycles. The highest BCUT2D eigenvalue weighted by atomic mass is 32.2. The molecular weight excluding hydrogens is 522 g/mol. The standard InChI is InChI=1S/C32H37N3O4S/c1-23-17-19-26(20-18-23)40(37,38)35-28(22-34-21-11-16-27(34)31(36)39-32(2,3)4)33-29(24-12-7-5-8-13-24)30(35)25-14-9-6-10-15-25/h5-10,12-15,17-20,27,29-30H,11,16,21-22H2,1-4H3/t27-,29+,30+/m0/s1. The van der Waals surface area contributed by atoms with E-state index in [1.54, 1.807) is 12.1 Å². The number of hydrogen-bond donors (Lipinski definition) is 0. The average molecular weight is 560 g/mol. The largest absolute Gasteiger partial charge is 0.459 e. The summed E-state index contributed by atoms with van der Waals surface area (Å²) in [6.07, 6.45) is 1.49. The van der Waals surface area contributed by atoms with Gasteiger partial charge in [-0.2, -0.15) is 0 Å². The molecule has 1 saturated heterocycles. The number of rotatable bonds is 7. The van der Waals surface area contributed by atoms with E-state index >= 15 is 0 Å². The van der Waals surface area contributed by atoms with Gasteiger partial charge in [0.1, 0.15) is 23.5 Å². The van der Waals surface area contributed by atoms with Gasteiger partial charge in [0.2, 0.25) is 0 Å². The Balaban J connectivity index is 1.60. The van der Waals surface area contributed by atoms with Gasteiger partial charge < -0.3 is 4.74 Å². The Morgan fingerprint density at radius 3 is 2.12 bits per heavy atom. The van der Waals surface area contributed by atoms with Gasteiger partial charge in [0.05, 0.1) is 17.5 Å². The highest BCUT2D eigenvalue weighted by molar-refractivity contribution is 7.89. The van der Waals surface area contributed by atoms with Crippen molar-refractivity contribution in [3.63, 3.8) is 0 Å². The van der Waals surface area contributed by atoms with Gasteiger partial charge in [0.15, 0.2) is 0 Å². The Kier molecular flexibility index (Phi) is 7.84. The van der Waals surface area contributed by atoms with Crippen molar-refractivity contribution >= 4 is 21.8 Å². The molecule has 0 bridgehead atoms. The molecule has 0 unspecified atom stereocenters. The molecular formula is C32H37N3O4S. The van der Waals surface area contributed by atoms with Crippen LogP contribution in [0.4, 0.5) is 0 Å². The predicted octanol–water partition coefficient (Wildman–Crippen LogP) is 5.69. The number of likely N-dealkylation sites (tertiary alicyclic amines) is 1. The second-order valence-corrected chi connectivity index (χ2v) is 13.3. The van der Waals surface area contributed by atoms with E-state index in [1.807, 2.05) is 105 Å². The monoisotopic (exact) mass is 559 g/mol. The number of sulfonamides is 1. The van der Waals surface area contributed by atoms with Crippen molar-refractivity contribution in [3.05, 3.63) is 102 Å². The molecule has 2 heterocycles. The Bertz CT molecular complexity index is 1470. The van der Waals surface area contributed by atoms with Crippen molar-refractivity contribution < 1.29 is 17.9 Å². The van der Waals surface area contributed by atoms with Crippen LogP contribution in [0.3, 0.4) is 0 Å². The zero-order valence-electron chi connectivity index (χ0n) is 23.5.